The van der Waals surface area contributed by atoms with Crippen LogP contribution in [0.25, 0.3) is 0 Å². The average Bonchev–Trinajstić information content (AvgIpc) is 3.50. The molecule has 2 amide bonds. The Hall–Kier alpha value is -3.47. The summed E-state index contributed by atoms with van der Waals surface area (Å²) >= 11 is 12.7. The van der Waals surface area contributed by atoms with Gasteiger partial charge in [0.2, 0.25) is 28.6 Å². The maximum absolute atomic E-state index is 14.1. The van der Waals surface area contributed by atoms with E-state index in [2.05, 4.69) is 5.32 Å². The Labute approximate surface area is 280 Å². The number of amides is 2. The molecule has 0 spiro atoms. The summed E-state index contributed by atoms with van der Waals surface area (Å²) < 4.78 is 37.7. The predicted molar refractivity (Wildman–Crippen MR) is 180 cm³/mol. The fourth-order valence-electron chi connectivity index (χ4n) is 5.98. The first-order valence-electron chi connectivity index (χ1n) is 15.5. The Bertz CT molecular complexity index is 1630. The summed E-state index contributed by atoms with van der Waals surface area (Å²) in [4.78, 5) is 29.7. The summed E-state index contributed by atoms with van der Waals surface area (Å²) in [6.07, 6.45) is 6.72. The van der Waals surface area contributed by atoms with Gasteiger partial charge >= 0.3 is 0 Å². The Kier molecular flexibility index (Phi) is 11.4. The van der Waals surface area contributed by atoms with Crippen LogP contribution in [0, 0.1) is 0 Å². The molecule has 1 fully saturated rings. The molecular weight excluding hydrogens is 649 g/mol. The highest BCUT2D eigenvalue weighted by Crippen LogP contribution is 2.36. The number of hydrogen-bond acceptors (Lipinski definition) is 6. The quantitative estimate of drug-likeness (QED) is 0.224. The van der Waals surface area contributed by atoms with E-state index < -0.39 is 16.1 Å². The normalized spacial score (nSPS) is 15.3. The molecular formula is C34H39Cl2N3O6S. The van der Waals surface area contributed by atoms with Crippen molar-refractivity contribution >= 4 is 50.7 Å². The maximum atomic E-state index is 14.1. The smallest absolute Gasteiger partial charge is 0.243 e. The number of nitrogens with zero attached hydrogens (tertiary/aromatic N) is 2. The van der Waals surface area contributed by atoms with Gasteiger partial charge in [-0.1, -0.05) is 78.9 Å². The monoisotopic (exact) mass is 687 g/mol. The highest BCUT2D eigenvalue weighted by molar-refractivity contribution is 7.92. The van der Waals surface area contributed by atoms with Crippen LogP contribution >= 0.6 is 23.2 Å². The largest absolute Gasteiger partial charge is 0.454 e. The molecule has 0 aromatic heterocycles. The molecule has 1 aliphatic heterocycles. The van der Waals surface area contributed by atoms with Gasteiger partial charge in [-0.05, 0) is 54.7 Å². The fraction of sp³-hybridized carbons (Fsp3) is 0.412. The number of ether oxygens (including phenoxy) is 2. The number of benzene rings is 3. The van der Waals surface area contributed by atoms with Crippen LogP contribution < -0.4 is 19.1 Å². The molecule has 12 heteroatoms. The highest BCUT2D eigenvalue weighted by Gasteiger charge is 2.32. The third-order valence-corrected chi connectivity index (χ3v) is 10.2. The molecule has 246 valence electrons. The zero-order chi connectivity index (χ0) is 32.7. The summed E-state index contributed by atoms with van der Waals surface area (Å²) in [5.74, 6) is 0.498. The zero-order valence-corrected chi connectivity index (χ0v) is 28.1. The Morgan fingerprint density at radius 2 is 1.70 bits per heavy atom. The van der Waals surface area contributed by atoms with Crippen LogP contribution in [0.15, 0.2) is 66.7 Å². The van der Waals surface area contributed by atoms with Crippen LogP contribution in [0.5, 0.6) is 11.5 Å². The molecule has 0 radical (unpaired) electrons. The van der Waals surface area contributed by atoms with Crippen molar-refractivity contribution in [1.29, 1.82) is 0 Å². The average molecular weight is 689 g/mol. The van der Waals surface area contributed by atoms with Crippen molar-refractivity contribution in [2.75, 3.05) is 23.9 Å². The number of hydrogen-bond donors (Lipinski definition) is 1. The predicted octanol–water partition coefficient (Wildman–Crippen LogP) is 6.36. The lowest BCUT2D eigenvalue weighted by Crippen LogP contribution is -2.53. The number of anilines is 1. The topological polar surface area (TPSA) is 105 Å². The Balaban J connectivity index is 1.40. The van der Waals surface area contributed by atoms with E-state index in [1.807, 2.05) is 30.3 Å². The third kappa shape index (κ3) is 8.86. The van der Waals surface area contributed by atoms with E-state index in [1.165, 1.54) is 4.31 Å². The molecule has 0 saturated heterocycles. The van der Waals surface area contributed by atoms with Crippen LogP contribution in [0.4, 0.5) is 5.69 Å². The lowest BCUT2D eigenvalue weighted by molar-refractivity contribution is -0.141. The lowest BCUT2D eigenvalue weighted by Gasteiger charge is -2.34. The van der Waals surface area contributed by atoms with Crippen molar-refractivity contribution in [3.63, 3.8) is 0 Å². The molecule has 1 atom stereocenters. The first-order valence-corrected chi connectivity index (χ1v) is 18.1. The van der Waals surface area contributed by atoms with Gasteiger partial charge in [0.05, 0.1) is 11.9 Å². The van der Waals surface area contributed by atoms with Crippen molar-refractivity contribution in [2.45, 2.75) is 70.0 Å². The van der Waals surface area contributed by atoms with Gasteiger partial charge in [-0.15, -0.1) is 0 Å². The highest BCUT2D eigenvalue weighted by atomic mass is 35.5. The molecule has 3 aromatic carbocycles. The van der Waals surface area contributed by atoms with Gasteiger partial charge in [0.15, 0.2) is 11.5 Å². The summed E-state index contributed by atoms with van der Waals surface area (Å²) in [6, 6.07) is 18.8. The summed E-state index contributed by atoms with van der Waals surface area (Å²) in [5.41, 5.74) is 1.98. The minimum Gasteiger partial charge on any atom is -0.454 e. The molecule has 1 heterocycles. The van der Waals surface area contributed by atoms with Gasteiger partial charge in [0, 0.05) is 48.1 Å². The molecule has 9 nitrogen and oxygen atoms in total. The molecule has 3 aromatic rings. The lowest BCUT2D eigenvalue weighted by atomic mass is 9.94. The first-order chi connectivity index (χ1) is 22.1. The van der Waals surface area contributed by atoms with E-state index in [0.29, 0.717) is 39.2 Å². The summed E-state index contributed by atoms with van der Waals surface area (Å²) in [7, 11) is -3.68. The molecule has 2 aliphatic rings. The van der Waals surface area contributed by atoms with E-state index in [0.717, 1.165) is 43.9 Å². The number of fused-ring (bicyclic) bond motifs is 1. The van der Waals surface area contributed by atoms with Gasteiger partial charge in [-0.25, -0.2) is 8.42 Å². The second kappa shape index (κ2) is 15.4. The summed E-state index contributed by atoms with van der Waals surface area (Å²) in [6.45, 7) is 0.206. The number of rotatable bonds is 13. The van der Waals surface area contributed by atoms with Crippen molar-refractivity contribution in [1.82, 2.24) is 10.2 Å². The molecule has 5 rings (SSSR count). The van der Waals surface area contributed by atoms with E-state index >= 15 is 0 Å². The standard InChI is InChI=1S/C34H39Cl2N3O6S/c1-46(42,43)39(28-16-17-31-32(21-28)45-23-44-31)18-8-13-33(40)38(22-25-14-15-26(35)20-29(25)36)30(19-24-9-4-2-5-10-24)34(41)37-27-11-6-3-7-12-27/h2,4-5,9-10,14-17,20-21,27,30H,3,6-8,11-13,18-19,22-23H2,1H3,(H,37,41). The van der Waals surface area contributed by atoms with Gasteiger partial charge < -0.3 is 19.7 Å². The van der Waals surface area contributed by atoms with Crippen molar-refractivity contribution in [2.24, 2.45) is 0 Å². The number of halogens is 2. The van der Waals surface area contributed by atoms with Gasteiger partial charge in [0.1, 0.15) is 6.04 Å². The second-order valence-electron chi connectivity index (χ2n) is 11.8. The molecule has 0 bridgehead atoms. The minimum atomic E-state index is -3.68. The molecule has 1 aliphatic carbocycles. The van der Waals surface area contributed by atoms with Crippen LogP contribution in [-0.2, 0) is 32.6 Å². The van der Waals surface area contributed by atoms with Crippen LogP contribution in [0.3, 0.4) is 0 Å². The first kappa shape index (κ1) is 33.9. The molecule has 1 unspecified atom stereocenters. The fourth-order valence-corrected chi connectivity index (χ4v) is 7.40. The molecule has 1 saturated carbocycles. The number of carbonyl (C=O) groups excluding carboxylic acids is 2. The zero-order valence-electron chi connectivity index (χ0n) is 25.8. The van der Waals surface area contributed by atoms with E-state index in [-0.39, 0.29) is 50.6 Å². The third-order valence-electron chi connectivity index (χ3n) is 8.37. The Morgan fingerprint density at radius 3 is 2.41 bits per heavy atom. The SMILES string of the molecule is CS(=O)(=O)N(CCCC(=O)N(Cc1ccc(Cl)cc1Cl)C(Cc1ccccc1)C(=O)NC1CCCCC1)c1ccc2c(c1)OCO2. The van der Waals surface area contributed by atoms with E-state index in [1.54, 1.807) is 41.3 Å². The number of sulfonamides is 1. The molecule has 46 heavy (non-hydrogen) atoms. The van der Waals surface area contributed by atoms with E-state index in [4.69, 9.17) is 32.7 Å². The minimum absolute atomic E-state index is 0.00375. The summed E-state index contributed by atoms with van der Waals surface area (Å²) in [5, 5.41) is 4.08. The van der Waals surface area contributed by atoms with Crippen LogP contribution in [0.2, 0.25) is 10.0 Å². The van der Waals surface area contributed by atoms with Crippen LogP contribution in [-0.4, -0.2) is 56.8 Å². The number of nitrogens with one attached hydrogen (secondary N) is 1. The van der Waals surface area contributed by atoms with Crippen molar-refractivity contribution in [3.8, 4) is 11.5 Å². The van der Waals surface area contributed by atoms with Gasteiger partial charge in [0.25, 0.3) is 0 Å². The van der Waals surface area contributed by atoms with Crippen molar-refractivity contribution in [3.05, 3.63) is 87.9 Å². The van der Waals surface area contributed by atoms with E-state index in [9.17, 15) is 18.0 Å². The van der Waals surface area contributed by atoms with Gasteiger partial charge in [-0.3, -0.25) is 13.9 Å². The van der Waals surface area contributed by atoms with Crippen LogP contribution in [0.1, 0.15) is 56.1 Å². The Morgan fingerprint density at radius 1 is 0.957 bits per heavy atom. The second-order valence-corrected chi connectivity index (χ2v) is 14.5. The van der Waals surface area contributed by atoms with Crippen molar-refractivity contribution < 1.29 is 27.5 Å². The van der Waals surface area contributed by atoms with Gasteiger partial charge in [-0.2, -0.15) is 0 Å². The maximum Gasteiger partial charge on any atom is 0.243 e. The molecule has 1 N–H and O–H groups in total. The number of carbonyl (C=O) groups is 2.